The number of aryl methyl sites for hydroxylation is 2. The number of hydrogen-bond acceptors (Lipinski definition) is 6. The van der Waals surface area contributed by atoms with Gasteiger partial charge in [-0.3, -0.25) is 4.79 Å². The van der Waals surface area contributed by atoms with Gasteiger partial charge in [0.15, 0.2) is 0 Å². The minimum atomic E-state index is -3.89. The summed E-state index contributed by atoms with van der Waals surface area (Å²) in [5, 5.41) is 4.58. The molecule has 0 radical (unpaired) electrons. The first-order valence-corrected chi connectivity index (χ1v) is 10.00. The number of morpholine rings is 1. The third-order valence-electron chi connectivity index (χ3n) is 4.72. The average Bonchev–Trinajstić information content (AvgIpc) is 3.00. The van der Waals surface area contributed by atoms with Crippen LogP contribution in [0.1, 0.15) is 11.5 Å². The van der Waals surface area contributed by atoms with Gasteiger partial charge in [-0.25, -0.2) is 8.42 Å². The van der Waals surface area contributed by atoms with Gasteiger partial charge >= 0.3 is 0 Å². The summed E-state index contributed by atoms with van der Waals surface area (Å²) in [4.78, 5) is 14.8. The Labute approximate surface area is 155 Å². The van der Waals surface area contributed by atoms with Crippen LogP contribution in [0.3, 0.4) is 0 Å². The maximum atomic E-state index is 12.9. The van der Waals surface area contributed by atoms with Gasteiger partial charge in [0.25, 0.3) is 5.56 Å². The second kappa shape index (κ2) is 6.59. The summed E-state index contributed by atoms with van der Waals surface area (Å²) < 4.78 is 37.5. The van der Waals surface area contributed by atoms with E-state index < -0.39 is 15.6 Å². The average molecular weight is 389 g/mol. The molecule has 0 amide bonds. The molecule has 0 saturated carbocycles. The minimum absolute atomic E-state index is 0.235. The molecule has 1 fully saturated rings. The van der Waals surface area contributed by atoms with Crippen LogP contribution in [0, 0.1) is 13.8 Å². The number of aromatic amines is 1. The third-order valence-corrected chi connectivity index (χ3v) is 6.62. The van der Waals surface area contributed by atoms with Gasteiger partial charge in [0.1, 0.15) is 10.7 Å². The molecule has 0 unspecified atom stereocenters. The number of rotatable bonds is 3. The molecule has 1 N–H and O–H groups in total. The molecule has 0 spiro atoms. The number of aromatic nitrogens is 2. The molecule has 2 aromatic heterocycles. The summed E-state index contributed by atoms with van der Waals surface area (Å²) in [6.07, 6.45) is 0. The van der Waals surface area contributed by atoms with Crippen molar-refractivity contribution in [3.63, 3.8) is 0 Å². The van der Waals surface area contributed by atoms with E-state index in [0.29, 0.717) is 29.9 Å². The van der Waals surface area contributed by atoms with Gasteiger partial charge in [-0.1, -0.05) is 11.2 Å². The summed E-state index contributed by atoms with van der Waals surface area (Å²) >= 11 is 0. The van der Waals surface area contributed by atoms with Gasteiger partial charge in [-0.2, -0.15) is 4.31 Å². The lowest BCUT2D eigenvalue weighted by molar-refractivity contribution is 0.0730. The summed E-state index contributed by atoms with van der Waals surface area (Å²) in [6.45, 7) is 4.78. The van der Waals surface area contributed by atoms with Crippen molar-refractivity contribution in [2.24, 2.45) is 0 Å². The zero-order valence-corrected chi connectivity index (χ0v) is 15.8. The van der Waals surface area contributed by atoms with Crippen LogP contribution in [0.15, 0.2) is 38.5 Å². The molecule has 0 bridgehead atoms. The number of benzene rings is 1. The Morgan fingerprint density at radius 1 is 1.15 bits per heavy atom. The van der Waals surface area contributed by atoms with Crippen LogP contribution in [0.5, 0.6) is 0 Å². The van der Waals surface area contributed by atoms with Crippen LogP contribution >= 0.6 is 0 Å². The maximum absolute atomic E-state index is 12.9. The van der Waals surface area contributed by atoms with Crippen molar-refractivity contribution >= 4 is 20.9 Å². The monoisotopic (exact) mass is 389 g/mol. The zero-order valence-electron chi connectivity index (χ0n) is 15.0. The second-order valence-electron chi connectivity index (χ2n) is 6.48. The van der Waals surface area contributed by atoms with E-state index in [1.165, 1.54) is 10.4 Å². The normalized spacial score (nSPS) is 16.1. The smallest absolute Gasteiger partial charge is 0.268 e. The van der Waals surface area contributed by atoms with Crippen molar-refractivity contribution in [1.82, 2.24) is 14.4 Å². The highest BCUT2D eigenvalue weighted by molar-refractivity contribution is 7.89. The number of hydrogen-bond donors (Lipinski definition) is 1. The highest BCUT2D eigenvalue weighted by atomic mass is 32.2. The predicted molar refractivity (Wildman–Crippen MR) is 99.1 cm³/mol. The van der Waals surface area contributed by atoms with Gasteiger partial charge in [0, 0.05) is 29.6 Å². The summed E-state index contributed by atoms with van der Waals surface area (Å²) in [5.41, 5.74) is 2.40. The number of H-pyrrole nitrogens is 1. The Kier molecular flexibility index (Phi) is 4.37. The van der Waals surface area contributed by atoms with Crippen molar-refractivity contribution in [3.05, 3.63) is 46.1 Å². The number of ether oxygens (including phenoxy) is 1. The number of sulfonamides is 1. The quantitative estimate of drug-likeness (QED) is 0.732. The minimum Gasteiger partial charge on any atom is -0.379 e. The highest BCUT2D eigenvalue weighted by Crippen LogP contribution is 2.29. The highest BCUT2D eigenvalue weighted by Gasteiger charge is 2.29. The number of nitrogens with one attached hydrogen (secondary N) is 1. The van der Waals surface area contributed by atoms with Crippen LogP contribution in [0.4, 0.5) is 0 Å². The van der Waals surface area contributed by atoms with E-state index in [1.54, 1.807) is 6.07 Å². The molecule has 1 aromatic carbocycles. The molecule has 3 heterocycles. The number of fused-ring (bicyclic) bond motifs is 1. The SMILES string of the molecule is Cc1noc(C)c1-c1ccc2[nH]c(=O)c(S(=O)(=O)N3CCOCC3)cc2c1. The molecule has 0 atom stereocenters. The lowest BCUT2D eigenvalue weighted by atomic mass is 10.0. The van der Waals surface area contributed by atoms with Crippen molar-refractivity contribution < 1.29 is 17.7 Å². The first kappa shape index (κ1) is 17.9. The maximum Gasteiger partial charge on any atom is 0.268 e. The Morgan fingerprint density at radius 3 is 2.56 bits per heavy atom. The molecule has 142 valence electrons. The second-order valence-corrected chi connectivity index (χ2v) is 8.39. The molecule has 1 aliphatic rings. The van der Waals surface area contributed by atoms with E-state index in [1.807, 2.05) is 26.0 Å². The number of pyridine rings is 1. The zero-order chi connectivity index (χ0) is 19.2. The Balaban J connectivity index is 1.85. The van der Waals surface area contributed by atoms with Gasteiger partial charge in [0.05, 0.1) is 18.9 Å². The van der Waals surface area contributed by atoms with E-state index in [0.717, 1.165) is 16.8 Å². The molecule has 9 heteroatoms. The standard InChI is InChI=1S/C18H19N3O5S/c1-11-17(12(2)26-20-11)13-3-4-15-14(9-13)10-16(18(22)19-15)27(23,24)21-5-7-25-8-6-21/h3-4,9-10H,5-8H2,1-2H3,(H,19,22). The van der Waals surface area contributed by atoms with E-state index in [2.05, 4.69) is 10.1 Å². The fourth-order valence-electron chi connectivity index (χ4n) is 3.35. The molecule has 0 aliphatic carbocycles. The molecular weight excluding hydrogens is 370 g/mol. The first-order chi connectivity index (χ1) is 12.9. The molecule has 1 saturated heterocycles. The van der Waals surface area contributed by atoms with E-state index in [4.69, 9.17) is 9.26 Å². The van der Waals surface area contributed by atoms with Crippen LogP contribution in [-0.4, -0.2) is 49.2 Å². The van der Waals surface area contributed by atoms with Crippen LogP contribution in [-0.2, 0) is 14.8 Å². The lowest BCUT2D eigenvalue weighted by Crippen LogP contribution is -2.42. The molecule has 3 aromatic rings. The van der Waals surface area contributed by atoms with E-state index in [9.17, 15) is 13.2 Å². The Bertz CT molecular complexity index is 1150. The van der Waals surface area contributed by atoms with Crippen molar-refractivity contribution in [2.75, 3.05) is 26.3 Å². The predicted octanol–water partition coefficient (Wildman–Crippen LogP) is 1.82. The van der Waals surface area contributed by atoms with Crippen molar-refractivity contribution in [2.45, 2.75) is 18.7 Å². The number of nitrogens with zero attached hydrogens (tertiary/aromatic N) is 2. The van der Waals surface area contributed by atoms with Gasteiger partial charge in [-0.05, 0) is 37.6 Å². The van der Waals surface area contributed by atoms with Crippen molar-refractivity contribution in [1.29, 1.82) is 0 Å². The fourth-order valence-corrected chi connectivity index (χ4v) is 4.82. The lowest BCUT2D eigenvalue weighted by Gasteiger charge is -2.25. The first-order valence-electron chi connectivity index (χ1n) is 8.56. The largest absolute Gasteiger partial charge is 0.379 e. The van der Waals surface area contributed by atoms with E-state index >= 15 is 0 Å². The van der Waals surface area contributed by atoms with Crippen LogP contribution in [0.25, 0.3) is 22.0 Å². The molecule has 8 nitrogen and oxygen atoms in total. The summed E-state index contributed by atoms with van der Waals surface area (Å²) in [7, 11) is -3.89. The van der Waals surface area contributed by atoms with Crippen molar-refractivity contribution in [3.8, 4) is 11.1 Å². The van der Waals surface area contributed by atoms with Crippen LogP contribution in [0.2, 0.25) is 0 Å². The molecule has 1 aliphatic heterocycles. The topological polar surface area (TPSA) is 106 Å². The van der Waals surface area contributed by atoms with E-state index in [-0.39, 0.29) is 18.0 Å². The third kappa shape index (κ3) is 3.07. The van der Waals surface area contributed by atoms with Gasteiger partial charge in [0.2, 0.25) is 10.0 Å². The molecular formula is C18H19N3O5S. The summed E-state index contributed by atoms with van der Waals surface area (Å²) in [6, 6.07) is 6.86. The Morgan fingerprint density at radius 2 is 1.89 bits per heavy atom. The molecule has 27 heavy (non-hydrogen) atoms. The summed E-state index contributed by atoms with van der Waals surface area (Å²) in [5.74, 6) is 0.678. The van der Waals surface area contributed by atoms with Gasteiger partial charge in [-0.15, -0.1) is 0 Å². The molecule has 4 rings (SSSR count). The van der Waals surface area contributed by atoms with Gasteiger partial charge < -0.3 is 14.2 Å². The fraction of sp³-hybridized carbons (Fsp3) is 0.333. The van der Waals surface area contributed by atoms with Crippen LogP contribution < -0.4 is 5.56 Å². The Hall–Kier alpha value is -2.49.